The maximum atomic E-state index is 10.7. The molecule has 0 aliphatic carbocycles. The lowest BCUT2D eigenvalue weighted by Gasteiger charge is -2.04. The van der Waals surface area contributed by atoms with E-state index in [1.54, 1.807) is 30.3 Å². The number of carboxylic acid groups (broad SMARTS) is 1. The van der Waals surface area contributed by atoms with E-state index in [4.69, 9.17) is 38.5 Å². The minimum atomic E-state index is -1.07. The molecule has 0 radical (unpaired) electrons. The molecule has 0 amide bonds. The van der Waals surface area contributed by atoms with Crippen molar-refractivity contribution in [1.29, 1.82) is 0 Å². The largest absolute Gasteiger partial charge is 0.480 e. The van der Waals surface area contributed by atoms with Crippen molar-refractivity contribution in [3.8, 4) is 11.3 Å². The van der Waals surface area contributed by atoms with E-state index in [1.807, 2.05) is 0 Å². The fourth-order valence-electron chi connectivity index (χ4n) is 1.62. The van der Waals surface area contributed by atoms with E-state index in [0.717, 1.165) is 0 Å². The van der Waals surface area contributed by atoms with Gasteiger partial charge in [-0.2, -0.15) is 0 Å². The van der Waals surface area contributed by atoms with Crippen LogP contribution in [0.2, 0.25) is 10.0 Å². The van der Waals surface area contributed by atoms with Gasteiger partial charge in [-0.3, -0.25) is 4.79 Å². The molecule has 1 atom stereocenters. The summed E-state index contributed by atoms with van der Waals surface area (Å²) in [4.78, 5) is 10.7. The molecule has 1 unspecified atom stereocenters. The van der Waals surface area contributed by atoms with E-state index in [2.05, 4.69) is 0 Å². The van der Waals surface area contributed by atoms with Gasteiger partial charge in [0.15, 0.2) is 0 Å². The third-order valence-electron chi connectivity index (χ3n) is 2.59. The van der Waals surface area contributed by atoms with E-state index in [-0.39, 0.29) is 6.42 Å². The summed E-state index contributed by atoms with van der Waals surface area (Å²) in [7, 11) is 0. The molecule has 19 heavy (non-hydrogen) atoms. The second-order valence-corrected chi connectivity index (χ2v) is 4.88. The van der Waals surface area contributed by atoms with Crippen LogP contribution in [0, 0.1) is 0 Å². The van der Waals surface area contributed by atoms with Gasteiger partial charge in [0.25, 0.3) is 0 Å². The van der Waals surface area contributed by atoms with E-state index in [0.29, 0.717) is 27.1 Å². The molecule has 0 aliphatic heterocycles. The summed E-state index contributed by atoms with van der Waals surface area (Å²) in [6.45, 7) is 0. The van der Waals surface area contributed by atoms with Crippen molar-refractivity contribution in [2.24, 2.45) is 5.73 Å². The third kappa shape index (κ3) is 3.29. The number of carboxylic acids is 1. The first kappa shape index (κ1) is 13.9. The van der Waals surface area contributed by atoms with Gasteiger partial charge in [0, 0.05) is 17.0 Å². The summed E-state index contributed by atoms with van der Waals surface area (Å²) < 4.78 is 5.54. The highest BCUT2D eigenvalue weighted by atomic mass is 35.5. The maximum absolute atomic E-state index is 10.7. The number of carbonyl (C=O) groups is 1. The molecule has 0 aliphatic rings. The molecule has 0 bridgehead atoms. The van der Waals surface area contributed by atoms with Gasteiger partial charge in [-0.25, -0.2) is 0 Å². The predicted octanol–water partition coefficient (Wildman–Crippen LogP) is 3.21. The van der Waals surface area contributed by atoms with Gasteiger partial charge in [0.05, 0.1) is 5.02 Å². The highest BCUT2D eigenvalue weighted by Gasteiger charge is 2.16. The van der Waals surface area contributed by atoms with Crippen molar-refractivity contribution in [2.45, 2.75) is 12.5 Å². The standard InChI is InChI=1S/C13H11Cl2NO3/c14-7-1-3-10(15)9(5-7)12-4-2-8(19-12)6-11(16)13(17)18/h1-5,11H,6,16H2,(H,17,18). The molecule has 0 spiro atoms. The number of nitrogens with two attached hydrogens (primary N) is 1. The van der Waals surface area contributed by atoms with Gasteiger partial charge in [-0.15, -0.1) is 0 Å². The Morgan fingerprint density at radius 2 is 2.05 bits per heavy atom. The molecular weight excluding hydrogens is 289 g/mol. The van der Waals surface area contributed by atoms with Crippen molar-refractivity contribution in [1.82, 2.24) is 0 Å². The van der Waals surface area contributed by atoms with Crippen molar-refractivity contribution in [3.63, 3.8) is 0 Å². The first-order chi connectivity index (χ1) is 8.97. The molecule has 1 aromatic carbocycles. The smallest absolute Gasteiger partial charge is 0.320 e. The number of benzene rings is 1. The molecule has 0 fully saturated rings. The summed E-state index contributed by atoms with van der Waals surface area (Å²) >= 11 is 12.0. The normalized spacial score (nSPS) is 12.4. The topological polar surface area (TPSA) is 76.5 Å². The minimum absolute atomic E-state index is 0.119. The van der Waals surface area contributed by atoms with E-state index < -0.39 is 12.0 Å². The predicted molar refractivity (Wildman–Crippen MR) is 73.5 cm³/mol. The average molecular weight is 300 g/mol. The van der Waals surface area contributed by atoms with Gasteiger partial charge in [-0.05, 0) is 30.3 Å². The van der Waals surface area contributed by atoms with Crippen LogP contribution in [0.25, 0.3) is 11.3 Å². The van der Waals surface area contributed by atoms with Gasteiger partial charge in [-0.1, -0.05) is 23.2 Å². The van der Waals surface area contributed by atoms with Gasteiger partial charge in [0.1, 0.15) is 17.6 Å². The van der Waals surface area contributed by atoms with Crippen LogP contribution in [-0.4, -0.2) is 17.1 Å². The van der Waals surface area contributed by atoms with Crippen molar-refractivity contribution in [3.05, 3.63) is 46.1 Å². The zero-order chi connectivity index (χ0) is 14.0. The Morgan fingerprint density at radius 1 is 1.32 bits per heavy atom. The molecule has 6 heteroatoms. The van der Waals surface area contributed by atoms with Crippen LogP contribution in [0.1, 0.15) is 5.76 Å². The highest BCUT2D eigenvalue weighted by Crippen LogP contribution is 2.31. The van der Waals surface area contributed by atoms with Crippen LogP contribution < -0.4 is 5.73 Å². The average Bonchev–Trinajstić information content (AvgIpc) is 2.80. The van der Waals surface area contributed by atoms with Gasteiger partial charge >= 0.3 is 5.97 Å². The molecule has 2 aromatic rings. The number of hydrogen-bond acceptors (Lipinski definition) is 3. The number of halogens is 2. The Balaban J connectivity index is 2.26. The van der Waals surface area contributed by atoms with Crippen LogP contribution >= 0.6 is 23.2 Å². The first-order valence-corrected chi connectivity index (χ1v) is 6.25. The fourth-order valence-corrected chi connectivity index (χ4v) is 2.01. The lowest BCUT2D eigenvalue weighted by Crippen LogP contribution is -2.32. The molecule has 2 rings (SSSR count). The van der Waals surface area contributed by atoms with Crippen LogP contribution in [0.5, 0.6) is 0 Å². The number of rotatable bonds is 4. The monoisotopic (exact) mass is 299 g/mol. The molecule has 1 heterocycles. The zero-order valence-corrected chi connectivity index (χ0v) is 11.3. The molecule has 100 valence electrons. The third-order valence-corrected chi connectivity index (χ3v) is 3.16. The van der Waals surface area contributed by atoms with Crippen LogP contribution in [0.3, 0.4) is 0 Å². The fraction of sp³-hybridized carbons (Fsp3) is 0.154. The Kier molecular flexibility index (Phi) is 4.14. The molecule has 1 aromatic heterocycles. The summed E-state index contributed by atoms with van der Waals surface area (Å²) in [6, 6.07) is 7.43. The number of furan rings is 1. The first-order valence-electron chi connectivity index (χ1n) is 5.50. The molecular formula is C13H11Cl2NO3. The van der Waals surface area contributed by atoms with Crippen molar-refractivity contribution >= 4 is 29.2 Å². The van der Waals surface area contributed by atoms with Crippen LogP contribution in [0.4, 0.5) is 0 Å². The molecule has 0 saturated heterocycles. The Labute approximate surface area is 119 Å². The highest BCUT2D eigenvalue weighted by molar-refractivity contribution is 6.35. The number of hydrogen-bond donors (Lipinski definition) is 2. The minimum Gasteiger partial charge on any atom is -0.480 e. The Morgan fingerprint density at radius 3 is 2.74 bits per heavy atom. The van der Waals surface area contributed by atoms with Crippen molar-refractivity contribution in [2.75, 3.05) is 0 Å². The summed E-state index contributed by atoms with van der Waals surface area (Å²) in [5, 5.41) is 9.79. The summed E-state index contributed by atoms with van der Waals surface area (Å²) in [6.07, 6.45) is 0.119. The second kappa shape index (κ2) is 5.65. The molecule has 4 nitrogen and oxygen atoms in total. The summed E-state index contributed by atoms with van der Waals surface area (Å²) in [5.41, 5.74) is 6.10. The Bertz CT molecular complexity index is 610. The lowest BCUT2D eigenvalue weighted by molar-refractivity contribution is -0.138. The molecule has 0 saturated carbocycles. The maximum Gasteiger partial charge on any atom is 0.320 e. The SMILES string of the molecule is NC(Cc1ccc(-c2cc(Cl)ccc2Cl)o1)C(=O)O. The van der Waals surface area contributed by atoms with Crippen LogP contribution in [-0.2, 0) is 11.2 Å². The molecule has 3 N–H and O–H groups in total. The van der Waals surface area contributed by atoms with Crippen LogP contribution in [0.15, 0.2) is 34.7 Å². The van der Waals surface area contributed by atoms with Gasteiger partial charge in [0.2, 0.25) is 0 Å². The van der Waals surface area contributed by atoms with E-state index in [9.17, 15) is 4.79 Å². The zero-order valence-electron chi connectivity index (χ0n) is 9.77. The number of aliphatic carboxylic acids is 1. The Hall–Kier alpha value is -1.49. The van der Waals surface area contributed by atoms with E-state index in [1.165, 1.54) is 0 Å². The summed E-state index contributed by atoms with van der Waals surface area (Å²) in [5.74, 6) is -0.0558. The van der Waals surface area contributed by atoms with Crippen molar-refractivity contribution < 1.29 is 14.3 Å². The quantitative estimate of drug-likeness (QED) is 0.909. The van der Waals surface area contributed by atoms with E-state index >= 15 is 0 Å². The van der Waals surface area contributed by atoms with Gasteiger partial charge < -0.3 is 15.3 Å². The second-order valence-electron chi connectivity index (χ2n) is 4.04. The lowest BCUT2D eigenvalue weighted by atomic mass is 10.1.